The van der Waals surface area contributed by atoms with Gasteiger partial charge < -0.3 is 15.0 Å². The summed E-state index contributed by atoms with van der Waals surface area (Å²) in [7, 11) is 1.79. The van der Waals surface area contributed by atoms with Crippen LogP contribution >= 0.6 is 15.9 Å². The molecule has 0 bridgehead atoms. The molecule has 116 valence electrons. The number of nitrogens with zero attached hydrogens (tertiary/aromatic N) is 1. The summed E-state index contributed by atoms with van der Waals surface area (Å²) in [5, 5.41) is 3.49. The Balaban J connectivity index is 2.06. The Bertz CT molecular complexity index is 515. The second kappa shape index (κ2) is 7.27. The fraction of sp³-hybridized carbons (Fsp3) is 0.562. The molecule has 1 aromatic rings. The number of likely N-dealkylation sites (N-methyl/N-ethyl adjacent to an activating group) is 1. The van der Waals surface area contributed by atoms with Crippen LogP contribution in [0.3, 0.4) is 0 Å². The highest BCUT2D eigenvalue weighted by molar-refractivity contribution is 9.10. The molecule has 5 heteroatoms. The maximum absolute atomic E-state index is 11.9. The zero-order valence-electron chi connectivity index (χ0n) is 12.9. The van der Waals surface area contributed by atoms with Gasteiger partial charge in [-0.15, -0.1) is 0 Å². The second-order valence-electron chi connectivity index (χ2n) is 5.56. The SMILES string of the molecule is CCN(C)C(=O)COc1c(C)cc(Br)cc1CNC1CC1. The highest BCUT2D eigenvalue weighted by Gasteiger charge is 2.21. The summed E-state index contributed by atoms with van der Waals surface area (Å²) in [6.45, 7) is 5.52. The highest BCUT2D eigenvalue weighted by Crippen LogP contribution is 2.29. The number of benzene rings is 1. The molecule has 0 radical (unpaired) electrons. The second-order valence-corrected chi connectivity index (χ2v) is 6.48. The summed E-state index contributed by atoms with van der Waals surface area (Å²) in [4.78, 5) is 13.6. The third kappa shape index (κ3) is 4.71. The Morgan fingerprint density at radius 1 is 1.48 bits per heavy atom. The molecule has 1 N–H and O–H groups in total. The van der Waals surface area contributed by atoms with E-state index in [1.54, 1.807) is 11.9 Å². The van der Waals surface area contributed by atoms with Gasteiger partial charge in [0.25, 0.3) is 5.91 Å². The number of hydrogen-bond donors (Lipinski definition) is 1. The molecule has 0 unspecified atom stereocenters. The summed E-state index contributed by atoms with van der Waals surface area (Å²) in [6, 6.07) is 4.72. The number of rotatable bonds is 7. The summed E-state index contributed by atoms with van der Waals surface area (Å²) in [6.07, 6.45) is 2.51. The molecule has 0 saturated heterocycles. The van der Waals surface area contributed by atoms with Crippen molar-refractivity contribution in [3.8, 4) is 5.75 Å². The van der Waals surface area contributed by atoms with Crippen LogP contribution in [0.1, 0.15) is 30.9 Å². The number of ether oxygens (including phenoxy) is 1. The van der Waals surface area contributed by atoms with Crippen LogP contribution in [0, 0.1) is 6.92 Å². The lowest BCUT2D eigenvalue weighted by molar-refractivity contribution is -0.131. The lowest BCUT2D eigenvalue weighted by atomic mass is 10.1. The van der Waals surface area contributed by atoms with Crippen molar-refractivity contribution >= 4 is 21.8 Å². The van der Waals surface area contributed by atoms with E-state index in [9.17, 15) is 4.79 Å². The van der Waals surface area contributed by atoms with Crippen LogP contribution in [0.2, 0.25) is 0 Å². The first-order valence-corrected chi connectivity index (χ1v) is 8.19. The minimum absolute atomic E-state index is 0.000853. The zero-order chi connectivity index (χ0) is 15.4. The van der Waals surface area contributed by atoms with Gasteiger partial charge in [-0.05, 0) is 44.4 Å². The van der Waals surface area contributed by atoms with Crippen molar-refractivity contribution in [2.45, 2.75) is 39.3 Å². The van der Waals surface area contributed by atoms with Gasteiger partial charge in [-0.3, -0.25) is 4.79 Å². The number of carbonyl (C=O) groups is 1. The predicted octanol–water partition coefficient (Wildman–Crippen LogP) is 2.87. The quantitative estimate of drug-likeness (QED) is 0.818. The molecule has 0 atom stereocenters. The van der Waals surface area contributed by atoms with E-state index in [1.807, 2.05) is 19.9 Å². The first-order chi connectivity index (χ1) is 10.0. The van der Waals surface area contributed by atoms with Crippen molar-refractivity contribution in [2.24, 2.45) is 0 Å². The van der Waals surface area contributed by atoms with Crippen molar-refractivity contribution in [3.63, 3.8) is 0 Å². The average molecular weight is 355 g/mol. The van der Waals surface area contributed by atoms with E-state index in [-0.39, 0.29) is 12.5 Å². The molecule has 1 aromatic carbocycles. The summed E-state index contributed by atoms with van der Waals surface area (Å²) in [5.74, 6) is 0.824. The van der Waals surface area contributed by atoms with Gasteiger partial charge in [0.05, 0.1) is 0 Å². The molecule has 4 nitrogen and oxygen atoms in total. The molecule has 1 aliphatic rings. The van der Waals surface area contributed by atoms with E-state index in [0.717, 1.165) is 27.9 Å². The molecule has 1 amide bonds. The normalized spacial score (nSPS) is 14.1. The number of amides is 1. The van der Waals surface area contributed by atoms with Crippen LogP contribution in [0.4, 0.5) is 0 Å². The summed E-state index contributed by atoms with van der Waals surface area (Å²) >= 11 is 3.53. The molecule has 21 heavy (non-hydrogen) atoms. The Morgan fingerprint density at radius 2 is 2.19 bits per heavy atom. The monoisotopic (exact) mass is 354 g/mol. The van der Waals surface area contributed by atoms with E-state index >= 15 is 0 Å². The van der Waals surface area contributed by atoms with Crippen molar-refractivity contribution in [3.05, 3.63) is 27.7 Å². The van der Waals surface area contributed by atoms with Crippen molar-refractivity contribution < 1.29 is 9.53 Å². The van der Waals surface area contributed by atoms with Gasteiger partial charge in [0.15, 0.2) is 6.61 Å². The molecule has 0 heterocycles. The summed E-state index contributed by atoms with van der Waals surface area (Å²) in [5.41, 5.74) is 2.14. The predicted molar refractivity (Wildman–Crippen MR) is 87.5 cm³/mol. The standard InChI is InChI=1S/C16H23BrN2O2/c1-4-19(3)15(20)10-21-16-11(2)7-13(17)8-12(16)9-18-14-5-6-14/h7-8,14,18H,4-6,9-10H2,1-3H3. The fourth-order valence-electron chi connectivity index (χ4n) is 2.10. The van der Waals surface area contributed by atoms with Crippen molar-refractivity contribution in [1.82, 2.24) is 10.2 Å². The van der Waals surface area contributed by atoms with E-state index in [4.69, 9.17) is 4.74 Å². The first-order valence-electron chi connectivity index (χ1n) is 7.40. The summed E-state index contributed by atoms with van der Waals surface area (Å²) < 4.78 is 6.85. The minimum atomic E-state index is 0.000853. The molecular formula is C16H23BrN2O2. The molecule has 1 fully saturated rings. The molecular weight excluding hydrogens is 332 g/mol. The lowest BCUT2D eigenvalue weighted by Crippen LogP contribution is -2.31. The van der Waals surface area contributed by atoms with Crippen LogP contribution < -0.4 is 10.1 Å². The zero-order valence-corrected chi connectivity index (χ0v) is 14.5. The van der Waals surface area contributed by atoms with E-state index in [2.05, 4.69) is 27.3 Å². The Kier molecular flexibility index (Phi) is 5.65. The fourth-order valence-corrected chi connectivity index (χ4v) is 2.72. The highest BCUT2D eigenvalue weighted by atomic mass is 79.9. The van der Waals surface area contributed by atoms with Gasteiger partial charge in [0.2, 0.25) is 0 Å². The largest absolute Gasteiger partial charge is 0.483 e. The van der Waals surface area contributed by atoms with Gasteiger partial charge in [-0.25, -0.2) is 0 Å². The molecule has 1 saturated carbocycles. The molecule has 0 aliphatic heterocycles. The number of hydrogen-bond acceptors (Lipinski definition) is 3. The maximum Gasteiger partial charge on any atom is 0.260 e. The smallest absolute Gasteiger partial charge is 0.260 e. The number of carbonyl (C=O) groups excluding carboxylic acids is 1. The van der Waals surface area contributed by atoms with Crippen LogP contribution in [-0.2, 0) is 11.3 Å². The molecule has 0 aromatic heterocycles. The average Bonchev–Trinajstić information content (AvgIpc) is 3.26. The number of halogens is 1. The Morgan fingerprint density at radius 3 is 2.81 bits per heavy atom. The molecule has 0 spiro atoms. The Labute approximate surface area is 135 Å². The van der Waals surface area contributed by atoms with Crippen LogP contribution in [-0.4, -0.2) is 37.0 Å². The third-order valence-electron chi connectivity index (χ3n) is 3.71. The lowest BCUT2D eigenvalue weighted by Gasteiger charge is -2.18. The minimum Gasteiger partial charge on any atom is -0.483 e. The van der Waals surface area contributed by atoms with Crippen LogP contribution in [0.15, 0.2) is 16.6 Å². The Hall–Kier alpha value is -1.07. The molecule has 2 rings (SSSR count). The van der Waals surface area contributed by atoms with Gasteiger partial charge in [0, 0.05) is 36.2 Å². The van der Waals surface area contributed by atoms with Crippen LogP contribution in [0.5, 0.6) is 5.75 Å². The molecule has 1 aliphatic carbocycles. The van der Waals surface area contributed by atoms with Crippen molar-refractivity contribution in [2.75, 3.05) is 20.2 Å². The van der Waals surface area contributed by atoms with Crippen molar-refractivity contribution in [1.29, 1.82) is 0 Å². The van der Waals surface area contributed by atoms with E-state index in [0.29, 0.717) is 12.6 Å². The van der Waals surface area contributed by atoms with Gasteiger partial charge >= 0.3 is 0 Å². The third-order valence-corrected chi connectivity index (χ3v) is 4.17. The van der Waals surface area contributed by atoms with Gasteiger partial charge in [-0.2, -0.15) is 0 Å². The number of nitrogens with one attached hydrogen (secondary N) is 1. The topological polar surface area (TPSA) is 41.6 Å². The maximum atomic E-state index is 11.9. The van der Waals surface area contributed by atoms with E-state index in [1.165, 1.54) is 12.8 Å². The first kappa shape index (κ1) is 16.3. The van der Waals surface area contributed by atoms with Crippen LogP contribution in [0.25, 0.3) is 0 Å². The van der Waals surface area contributed by atoms with Gasteiger partial charge in [-0.1, -0.05) is 15.9 Å². The number of aryl methyl sites for hydroxylation is 1. The van der Waals surface area contributed by atoms with E-state index < -0.39 is 0 Å². The van der Waals surface area contributed by atoms with Gasteiger partial charge in [0.1, 0.15) is 5.75 Å².